The van der Waals surface area contributed by atoms with Crippen molar-refractivity contribution in [3.05, 3.63) is 33.8 Å². The largest absolute Gasteiger partial charge is 0.294 e. The van der Waals surface area contributed by atoms with E-state index in [2.05, 4.69) is 5.43 Å². The van der Waals surface area contributed by atoms with E-state index in [0.717, 1.165) is 24.8 Å². The number of carbonyl (C=O) groups excluding carboxylic acids is 1. The number of nitrogens with two attached hydrogens (primary N) is 1. The topological polar surface area (TPSA) is 55.1 Å². The molecule has 0 spiro atoms. The molecule has 3 N–H and O–H groups in total. The summed E-state index contributed by atoms with van der Waals surface area (Å²) in [5.74, 6) is 4.83. The van der Waals surface area contributed by atoms with Gasteiger partial charge >= 0.3 is 0 Å². The second-order valence-electron chi connectivity index (χ2n) is 3.51. The number of amides is 1. The van der Waals surface area contributed by atoms with Crippen LogP contribution in [-0.2, 0) is 11.2 Å². The molecular weight excluding hydrogens is 247 g/mol. The minimum absolute atomic E-state index is 0.137. The molecule has 0 aromatic heterocycles. The number of hydrogen-bond donors (Lipinski definition) is 2. The van der Waals surface area contributed by atoms with Crippen molar-refractivity contribution in [2.45, 2.75) is 25.7 Å². The summed E-state index contributed by atoms with van der Waals surface area (Å²) in [6.07, 6.45) is 2.98. The highest BCUT2D eigenvalue weighted by molar-refractivity contribution is 6.35. The third kappa shape index (κ3) is 4.39. The Morgan fingerprint density at radius 2 is 2.06 bits per heavy atom. The van der Waals surface area contributed by atoms with E-state index in [9.17, 15) is 4.79 Å². The summed E-state index contributed by atoms with van der Waals surface area (Å²) in [6, 6.07) is 5.45. The van der Waals surface area contributed by atoms with Gasteiger partial charge in [0.1, 0.15) is 0 Å². The van der Waals surface area contributed by atoms with Crippen LogP contribution in [0.15, 0.2) is 18.2 Å². The molecule has 0 atom stereocenters. The molecule has 1 rings (SSSR count). The van der Waals surface area contributed by atoms with Crippen LogP contribution in [0.5, 0.6) is 0 Å². The number of benzene rings is 1. The monoisotopic (exact) mass is 260 g/mol. The van der Waals surface area contributed by atoms with E-state index in [1.165, 1.54) is 0 Å². The SMILES string of the molecule is NNC(=O)CCCCc1ccc(Cl)cc1Cl. The first kappa shape index (κ1) is 13.3. The van der Waals surface area contributed by atoms with E-state index >= 15 is 0 Å². The molecule has 0 aliphatic heterocycles. The molecular formula is C11H14Cl2N2O. The average molecular weight is 261 g/mol. The minimum Gasteiger partial charge on any atom is -0.294 e. The number of hydrogen-bond acceptors (Lipinski definition) is 2. The number of hydrazine groups is 1. The summed E-state index contributed by atoms with van der Waals surface area (Å²) in [5.41, 5.74) is 3.15. The van der Waals surface area contributed by atoms with E-state index in [4.69, 9.17) is 29.0 Å². The van der Waals surface area contributed by atoms with Crippen molar-refractivity contribution >= 4 is 29.1 Å². The van der Waals surface area contributed by atoms with Gasteiger partial charge in [0.2, 0.25) is 5.91 Å². The lowest BCUT2D eigenvalue weighted by Crippen LogP contribution is -2.29. The summed E-state index contributed by atoms with van der Waals surface area (Å²) in [4.78, 5) is 10.9. The molecule has 0 unspecified atom stereocenters. The Balaban J connectivity index is 2.35. The van der Waals surface area contributed by atoms with Gasteiger partial charge in [0.25, 0.3) is 0 Å². The number of unbranched alkanes of at least 4 members (excludes halogenated alkanes) is 1. The number of carbonyl (C=O) groups is 1. The Bertz CT molecular complexity index is 369. The quantitative estimate of drug-likeness (QED) is 0.370. The fraction of sp³-hybridized carbons (Fsp3) is 0.364. The second kappa shape index (κ2) is 6.74. The molecule has 5 heteroatoms. The van der Waals surface area contributed by atoms with Crippen molar-refractivity contribution in [3.8, 4) is 0 Å². The average Bonchev–Trinajstić information content (AvgIpc) is 2.26. The van der Waals surface area contributed by atoms with Gasteiger partial charge in [0.05, 0.1) is 0 Å². The van der Waals surface area contributed by atoms with Gasteiger partial charge in [0, 0.05) is 16.5 Å². The fourth-order valence-corrected chi connectivity index (χ4v) is 1.90. The molecule has 3 nitrogen and oxygen atoms in total. The zero-order chi connectivity index (χ0) is 12.0. The molecule has 88 valence electrons. The zero-order valence-electron chi connectivity index (χ0n) is 8.80. The van der Waals surface area contributed by atoms with Gasteiger partial charge in [-0.15, -0.1) is 0 Å². The fourth-order valence-electron chi connectivity index (χ4n) is 1.40. The number of halogens is 2. The second-order valence-corrected chi connectivity index (χ2v) is 4.35. The highest BCUT2D eigenvalue weighted by Gasteiger charge is 2.02. The number of rotatable bonds is 5. The first-order valence-corrected chi connectivity index (χ1v) is 5.82. The molecule has 0 aliphatic rings. The number of aryl methyl sites for hydroxylation is 1. The normalized spacial score (nSPS) is 10.2. The van der Waals surface area contributed by atoms with E-state index in [-0.39, 0.29) is 5.91 Å². The molecule has 1 amide bonds. The molecule has 0 heterocycles. The van der Waals surface area contributed by atoms with Crippen LogP contribution in [0.1, 0.15) is 24.8 Å². The Kier molecular flexibility index (Phi) is 5.60. The van der Waals surface area contributed by atoms with Gasteiger partial charge in [0.15, 0.2) is 0 Å². The van der Waals surface area contributed by atoms with Crippen molar-refractivity contribution in [2.24, 2.45) is 5.84 Å². The number of nitrogens with one attached hydrogen (secondary N) is 1. The summed E-state index contributed by atoms with van der Waals surface area (Å²) < 4.78 is 0. The van der Waals surface area contributed by atoms with Crippen molar-refractivity contribution in [1.82, 2.24) is 5.43 Å². The maximum atomic E-state index is 10.9. The van der Waals surface area contributed by atoms with E-state index in [0.29, 0.717) is 16.5 Å². The maximum absolute atomic E-state index is 10.9. The van der Waals surface area contributed by atoms with Crippen LogP contribution in [0.3, 0.4) is 0 Å². The minimum atomic E-state index is -0.137. The van der Waals surface area contributed by atoms with Gasteiger partial charge in [-0.25, -0.2) is 5.84 Å². The Morgan fingerprint density at radius 3 is 2.69 bits per heavy atom. The molecule has 1 aromatic rings. The van der Waals surface area contributed by atoms with Crippen molar-refractivity contribution in [1.29, 1.82) is 0 Å². The van der Waals surface area contributed by atoms with Gasteiger partial charge in [-0.05, 0) is 37.0 Å². The Labute approximate surface area is 105 Å². The van der Waals surface area contributed by atoms with Crippen molar-refractivity contribution in [2.75, 3.05) is 0 Å². The van der Waals surface area contributed by atoms with Crippen LogP contribution >= 0.6 is 23.2 Å². The van der Waals surface area contributed by atoms with E-state index < -0.39 is 0 Å². The maximum Gasteiger partial charge on any atom is 0.233 e. The predicted molar refractivity (Wildman–Crippen MR) is 66.3 cm³/mol. The smallest absolute Gasteiger partial charge is 0.233 e. The lowest BCUT2D eigenvalue weighted by atomic mass is 10.1. The highest BCUT2D eigenvalue weighted by Crippen LogP contribution is 2.22. The van der Waals surface area contributed by atoms with Crippen LogP contribution in [-0.4, -0.2) is 5.91 Å². The van der Waals surface area contributed by atoms with Gasteiger partial charge in [-0.2, -0.15) is 0 Å². The van der Waals surface area contributed by atoms with Crippen molar-refractivity contribution < 1.29 is 4.79 Å². The molecule has 16 heavy (non-hydrogen) atoms. The van der Waals surface area contributed by atoms with E-state index in [1.54, 1.807) is 6.07 Å². The molecule has 0 saturated heterocycles. The van der Waals surface area contributed by atoms with Gasteiger partial charge in [-0.3, -0.25) is 10.2 Å². The van der Waals surface area contributed by atoms with Crippen LogP contribution in [0.2, 0.25) is 10.0 Å². The summed E-state index contributed by atoms with van der Waals surface area (Å²) >= 11 is 11.8. The molecule has 1 aromatic carbocycles. The molecule has 0 bridgehead atoms. The van der Waals surface area contributed by atoms with Crippen LogP contribution in [0, 0.1) is 0 Å². The third-order valence-electron chi connectivity index (χ3n) is 2.28. The van der Waals surface area contributed by atoms with Crippen LogP contribution in [0.4, 0.5) is 0 Å². The lowest BCUT2D eigenvalue weighted by Gasteiger charge is -2.04. The summed E-state index contributed by atoms with van der Waals surface area (Å²) in [6.45, 7) is 0. The molecule has 0 aliphatic carbocycles. The van der Waals surface area contributed by atoms with Gasteiger partial charge in [-0.1, -0.05) is 29.3 Å². The van der Waals surface area contributed by atoms with Crippen LogP contribution < -0.4 is 11.3 Å². The molecule has 0 radical (unpaired) electrons. The Hall–Kier alpha value is -0.770. The predicted octanol–water partition coefficient (Wildman–Crippen LogP) is 2.70. The first-order valence-electron chi connectivity index (χ1n) is 5.07. The lowest BCUT2D eigenvalue weighted by molar-refractivity contribution is -0.121. The Morgan fingerprint density at radius 1 is 1.31 bits per heavy atom. The summed E-state index contributed by atoms with van der Waals surface area (Å²) in [7, 11) is 0. The third-order valence-corrected chi connectivity index (χ3v) is 2.86. The first-order chi connectivity index (χ1) is 7.63. The highest BCUT2D eigenvalue weighted by atomic mass is 35.5. The molecule has 0 saturated carbocycles. The molecule has 0 fully saturated rings. The summed E-state index contributed by atoms with van der Waals surface area (Å²) in [5, 5.41) is 1.31. The van der Waals surface area contributed by atoms with E-state index in [1.807, 2.05) is 12.1 Å². The van der Waals surface area contributed by atoms with Crippen LogP contribution in [0.25, 0.3) is 0 Å². The standard InChI is InChI=1S/C11H14Cl2N2O/c12-9-6-5-8(10(13)7-9)3-1-2-4-11(16)15-14/h5-7H,1-4,14H2,(H,15,16). The van der Waals surface area contributed by atoms with Crippen molar-refractivity contribution in [3.63, 3.8) is 0 Å². The zero-order valence-corrected chi connectivity index (χ0v) is 10.3. The van der Waals surface area contributed by atoms with Gasteiger partial charge < -0.3 is 0 Å².